The predicted octanol–water partition coefficient (Wildman–Crippen LogP) is 4.78. The second kappa shape index (κ2) is 8.23. The fourth-order valence-corrected chi connectivity index (χ4v) is 3.59. The molecule has 3 aromatic rings. The molecular weight excluding hydrogens is 342 g/mol. The first-order valence-electron chi connectivity index (χ1n) is 8.70. The van der Waals surface area contributed by atoms with Gasteiger partial charge in [-0.1, -0.05) is 49.0 Å². The van der Waals surface area contributed by atoms with E-state index in [0.29, 0.717) is 5.75 Å². The van der Waals surface area contributed by atoms with Gasteiger partial charge in [-0.05, 0) is 49.1 Å². The van der Waals surface area contributed by atoms with Crippen LogP contribution in [0.15, 0.2) is 60.0 Å². The third kappa shape index (κ3) is 4.17. The summed E-state index contributed by atoms with van der Waals surface area (Å²) in [6.45, 7) is 6.24. The fraction of sp³-hybridized carbons (Fsp3) is 0.238. The van der Waals surface area contributed by atoms with Gasteiger partial charge in [0.1, 0.15) is 0 Å². The standard InChI is InChI=1S/C21H23N3OS/c1-4-17-7-5-6-8-18(17)23-20(25)14-26-21-22-11-12-24(21)19-13-15(2)9-10-16(19)3/h5-13H,4,14H2,1-3H3,(H,23,25). The molecule has 0 saturated heterocycles. The third-order valence-electron chi connectivity index (χ3n) is 4.24. The van der Waals surface area contributed by atoms with Crippen LogP contribution in [0.4, 0.5) is 5.69 Å². The summed E-state index contributed by atoms with van der Waals surface area (Å²) in [5, 5.41) is 3.82. The molecule has 0 aliphatic rings. The van der Waals surface area contributed by atoms with E-state index in [2.05, 4.69) is 49.3 Å². The van der Waals surface area contributed by atoms with E-state index in [0.717, 1.165) is 28.5 Å². The van der Waals surface area contributed by atoms with Gasteiger partial charge in [-0.2, -0.15) is 0 Å². The number of nitrogens with zero attached hydrogens (tertiary/aromatic N) is 2. The molecule has 1 heterocycles. The molecule has 4 nitrogen and oxygen atoms in total. The van der Waals surface area contributed by atoms with Gasteiger partial charge in [0.25, 0.3) is 0 Å². The highest BCUT2D eigenvalue weighted by Gasteiger charge is 2.12. The number of nitrogens with one attached hydrogen (secondary N) is 1. The molecule has 1 N–H and O–H groups in total. The number of carbonyl (C=O) groups excluding carboxylic acids is 1. The molecule has 0 aliphatic heterocycles. The molecule has 0 radical (unpaired) electrons. The van der Waals surface area contributed by atoms with Gasteiger partial charge in [0.2, 0.25) is 5.91 Å². The minimum atomic E-state index is -0.0218. The predicted molar refractivity (Wildman–Crippen MR) is 108 cm³/mol. The first kappa shape index (κ1) is 18.3. The van der Waals surface area contributed by atoms with Crippen molar-refractivity contribution in [2.75, 3.05) is 11.1 Å². The van der Waals surface area contributed by atoms with Gasteiger partial charge in [-0.15, -0.1) is 0 Å². The van der Waals surface area contributed by atoms with Gasteiger partial charge in [-0.25, -0.2) is 4.98 Å². The number of amides is 1. The summed E-state index contributed by atoms with van der Waals surface area (Å²) in [6.07, 6.45) is 4.60. The fourth-order valence-electron chi connectivity index (χ4n) is 2.83. The highest BCUT2D eigenvalue weighted by Crippen LogP contribution is 2.24. The van der Waals surface area contributed by atoms with Gasteiger partial charge in [-0.3, -0.25) is 9.36 Å². The van der Waals surface area contributed by atoms with Crippen LogP contribution in [0.1, 0.15) is 23.6 Å². The molecule has 1 aromatic heterocycles. The zero-order valence-corrected chi connectivity index (χ0v) is 16.1. The third-order valence-corrected chi connectivity index (χ3v) is 5.20. The quantitative estimate of drug-likeness (QED) is 0.639. The zero-order valence-electron chi connectivity index (χ0n) is 15.3. The molecule has 0 saturated carbocycles. The van der Waals surface area contributed by atoms with Crippen LogP contribution >= 0.6 is 11.8 Å². The highest BCUT2D eigenvalue weighted by atomic mass is 32.2. The monoisotopic (exact) mass is 365 g/mol. The van der Waals surface area contributed by atoms with E-state index in [1.807, 2.05) is 35.0 Å². The number of imidazole rings is 1. The maximum atomic E-state index is 12.4. The number of thioether (sulfide) groups is 1. The van der Waals surface area contributed by atoms with E-state index in [1.54, 1.807) is 6.20 Å². The van der Waals surface area contributed by atoms with E-state index < -0.39 is 0 Å². The Balaban J connectivity index is 1.70. The smallest absolute Gasteiger partial charge is 0.234 e. The summed E-state index contributed by atoms with van der Waals surface area (Å²) in [7, 11) is 0. The largest absolute Gasteiger partial charge is 0.325 e. The van der Waals surface area contributed by atoms with Crippen molar-refractivity contribution in [1.82, 2.24) is 9.55 Å². The van der Waals surface area contributed by atoms with Crippen molar-refractivity contribution in [3.05, 3.63) is 71.5 Å². The Morgan fingerprint density at radius 2 is 2.00 bits per heavy atom. The average Bonchev–Trinajstić information content (AvgIpc) is 3.11. The van der Waals surface area contributed by atoms with Crippen LogP contribution in [-0.4, -0.2) is 21.2 Å². The van der Waals surface area contributed by atoms with Crippen LogP contribution in [0, 0.1) is 13.8 Å². The van der Waals surface area contributed by atoms with Crippen molar-refractivity contribution in [3.63, 3.8) is 0 Å². The molecule has 0 unspecified atom stereocenters. The van der Waals surface area contributed by atoms with E-state index in [-0.39, 0.29) is 5.91 Å². The Hall–Kier alpha value is -2.53. The van der Waals surface area contributed by atoms with Gasteiger partial charge in [0, 0.05) is 18.1 Å². The van der Waals surface area contributed by atoms with Gasteiger partial charge < -0.3 is 5.32 Å². The summed E-state index contributed by atoms with van der Waals surface area (Å²) in [6, 6.07) is 14.3. The summed E-state index contributed by atoms with van der Waals surface area (Å²) in [5.41, 5.74) is 5.50. The van der Waals surface area contributed by atoms with Crippen LogP contribution in [0.25, 0.3) is 5.69 Å². The van der Waals surface area contributed by atoms with E-state index in [1.165, 1.54) is 22.9 Å². The Kier molecular flexibility index (Phi) is 5.78. The van der Waals surface area contributed by atoms with E-state index >= 15 is 0 Å². The first-order chi connectivity index (χ1) is 12.6. The highest BCUT2D eigenvalue weighted by molar-refractivity contribution is 7.99. The average molecular weight is 366 g/mol. The molecule has 2 aromatic carbocycles. The topological polar surface area (TPSA) is 46.9 Å². The maximum Gasteiger partial charge on any atom is 0.234 e. The van der Waals surface area contributed by atoms with E-state index in [4.69, 9.17) is 0 Å². The molecule has 0 spiro atoms. The molecule has 26 heavy (non-hydrogen) atoms. The van der Waals surface area contributed by atoms with Crippen molar-refractivity contribution in [3.8, 4) is 5.69 Å². The number of aryl methyl sites for hydroxylation is 3. The van der Waals surface area contributed by atoms with Crippen LogP contribution < -0.4 is 5.32 Å². The lowest BCUT2D eigenvalue weighted by atomic mass is 10.1. The zero-order chi connectivity index (χ0) is 18.5. The second-order valence-corrected chi connectivity index (χ2v) is 7.16. The SMILES string of the molecule is CCc1ccccc1NC(=O)CSc1nccn1-c1cc(C)ccc1C. The molecule has 5 heteroatoms. The Morgan fingerprint density at radius 1 is 1.19 bits per heavy atom. The van der Waals surface area contributed by atoms with Crippen LogP contribution in [-0.2, 0) is 11.2 Å². The normalized spacial score (nSPS) is 10.7. The van der Waals surface area contributed by atoms with Crippen molar-refractivity contribution < 1.29 is 4.79 Å². The molecule has 0 bridgehead atoms. The van der Waals surface area contributed by atoms with Crippen LogP contribution in [0.5, 0.6) is 0 Å². The number of hydrogen-bond acceptors (Lipinski definition) is 3. The van der Waals surface area contributed by atoms with E-state index in [9.17, 15) is 4.79 Å². The number of benzene rings is 2. The number of aromatic nitrogens is 2. The summed E-state index contributed by atoms with van der Waals surface area (Å²) < 4.78 is 2.04. The lowest BCUT2D eigenvalue weighted by Crippen LogP contribution is -2.15. The minimum absolute atomic E-state index is 0.0218. The Labute approximate surface area is 158 Å². The lowest BCUT2D eigenvalue weighted by molar-refractivity contribution is -0.113. The maximum absolute atomic E-state index is 12.4. The van der Waals surface area contributed by atoms with Gasteiger partial charge in [0.05, 0.1) is 11.4 Å². The van der Waals surface area contributed by atoms with Crippen molar-refractivity contribution in [1.29, 1.82) is 0 Å². The molecule has 0 atom stereocenters. The number of para-hydroxylation sites is 1. The van der Waals surface area contributed by atoms with Crippen molar-refractivity contribution >= 4 is 23.4 Å². The number of rotatable bonds is 6. The van der Waals surface area contributed by atoms with Crippen molar-refractivity contribution in [2.24, 2.45) is 0 Å². The van der Waals surface area contributed by atoms with Gasteiger partial charge >= 0.3 is 0 Å². The second-order valence-electron chi connectivity index (χ2n) is 6.22. The number of carbonyl (C=O) groups is 1. The summed E-state index contributed by atoms with van der Waals surface area (Å²) in [5.74, 6) is 0.298. The lowest BCUT2D eigenvalue weighted by Gasteiger charge is -2.12. The minimum Gasteiger partial charge on any atom is -0.325 e. The molecule has 3 rings (SSSR count). The van der Waals surface area contributed by atoms with Gasteiger partial charge in [0.15, 0.2) is 5.16 Å². The first-order valence-corrected chi connectivity index (χ1v) is 9.68. The molecule has 0 fully saturated rings. The summed E-state index contributed by atoms with van der Waals surface area (Å²) >= 11 is 1.44. The molecule has 0 aliphatic carbocycles. The summed E-state index contributed by atoms with van der Waals surface area (Å²) in [4.78, 5) is 16.8. The Bertz CT molecular complexity index is 917. The molecule has 134 valence electrons. The molecule has 1 amide bonds. The number of hydrogen-bond donors (Lipinski definition) is 1. The van der Waals surface area contributed by atoms with Crippen molar-refractivity contribution in [2.45, 2.75) is 32.3 Å². The van der Waals surface area contributed by atoms with Crippen LogP contribution in [0.2, 0.25) is 0 Å². The van der Waals surface area contributed by atoms with Crippen LogP contribution in [0.3, 0.4) is 0 Å². The Morgan fingerprint density at radius 3 is 2.81 bits per heavy atom. The number of anilines is 1. The molecular formula is C21H23N3OS.